The molecule has 0 aromatic rings. The van der Waals surface area contributed by atoms with Gasteiger partial charge >= 0.3 is 0 Å². The highest BCUT2D eigenvalue weighted by Crippen LogP contribution is 2.57. The predicted octanol–water partition coefficient (Wildman–Crippen LogP) is 2.66. The molecule has 4 unspecified atom stereocenters. The Balaban J connectivity index is 2.11. The zero-order chi connectivity index (χ0) is 8.77. The molecule has 2 rings (SSSR count). The molecule has 70 valence electrons. The Morgan fingerprint density at radius 2 is 2.08 bits per heavy atom. The molecule has 1 spiro atoms. The molecule has 12 heavy (non-hydrogen) atoms. The zero-order valence-electron chi connectivity index (χ0n) is 8.64. The third-order valence-corrected chi connectivity index (χ3v) is 4.35. The molecule has 0 aromatic carbocycles. The number of hydrogen-bond donors (Lipinski definition) is 0. The molecule has 2 aliphatic rings. The van der Waals surface area contributed by atoms with Crippen LogP contribution in [0.3, 0.4) is 0 Å². The van der Waals surface area contributed by atoms with E-state index in [-0.39, 0.29) is 0 Å². The number of nitrogens with zero attached hydrogens (tertiary/aromatic N) is 1. The van der Waals surface area contributed by atoms with Crippen LogP contribution in [0, 0.1) is 5.92 Å². The lowest BCUT2D eigenvalue weighted by Crippen LogP contribution is -2.22. The summed E-state index contributed by atoms with van der Waals surface area (Å²) in [7, 11) is 2.32. The zero-order valence-corrected chi connectivity index (χ0v) is 8.64. The molecule has 0 amide bonds. The topological polar surface area (TPSA) is 3.01 Å². The summed E-state index contributed by atoms with van der Waals surface area (Å²) in [6.45, 7) is 4.69. The van der Waals surface area contributed by atoms with Gasteiger partial charge in [0.25, 0.3) is 0 Å². The van der Waals surface area contributed by atoms with Gasteiger partial charge in [0.05, 0.1) is 0 Å². The van der Waals surface area contributed by atoms with Crippen LogP contribution in [-0.2, 0) is 0 Å². The van der Waals surface area contributed by atoms with Gasteiger partial charge in [0.2, 0.25) is 0 Å². The molecule has 1 saturated heterocycles. The Bertz CT molecular complexity index is 178. The normalized spacial score (nSPS) is 51.8. The average molecular weight is 167 g/mol. The minimum atomic E-state index is 0.670. The Morgan fingerprint density at radius 1 is 1.33 bits per heavy atom. The highest BCUT2D eigenvalue weighted by atomic mass is 15.4. The van der Waals surface area contributed by atoms with Crippen LogP contribution in [0.1, 0.15) is 46.0 Å². The first kappa shape index (κ1) is 8.55. The largest absolute Gasteiger partial charge is 0.294 e. The Morgan fingerprint density at radius 3 is 2.58 bits per heavy atom. The van der Waals surface area contributed by atoms with E-state index < -0.39 is 0 Å². The number of likely N-dealkylation sites (N-methyl/N-ethyl adjacent to an activating group) is 1. The molecule has 1 heterocycles. The van der Waals surface area contributed by atoms with E-state index in [1.807, 2.05) is 0 Å². The van der Waals surface area contributed by atoms with E-state index >= 15 is 0 Å². The summed E-state index contributed by atoms with van der Waals surface area (Å²) in [5, 5.41) is 0. The molecule has 0 bridgehead atoms. The molecular weight excluding hydrogens is 146 g/mol. The van der Waals surface area contributed by atoms with E-state index in [0.717, 1.165) is 12.0 Å². The van der Waals surface area contributed by atoms with Crippen molar-refractivity contribution in [2.75, 3.05) is 7.05 Å². The fraction of sp³-hybridized carbons (Fsp3) is 1.00. The monoisotopic (exact) mass is 167 g/mol. The van der Waals surface area contributed by atoms with Crippen molar-refractivity contribution in [2.45, 2.75) is 57.5 Å². The average Bonchev–Trinajstić information content (AvgIpc) is 2.46. The molecule has 1 aliphatic heterocycles. The molecule has 0 N–H and O–H groups in total. The summed E-state index contributed by atoms with van der Waals surface area (Å²) in [5.74, 6) is 1.01. The minimum absolute atomic E-state index is 0.670. The maximum Gasteiger partial charge on any atom is 0.0393 e. The van der Waals surface area contributed by atoms with Gasteiger partial charge in [-0.25, -0.2) is 0 Å². The van der Waals surface area contributed by atoms with Gasteiger partial charge in [0.15, 0.2) is 0 Å². The van der Waals surface area contributed by atoms with Gasteiger partial charge in [-0.05, 0) is 32.2 Å². The van der Waals surface area contributed by atoms with Crippen molar-refractivity contribution in [3.8, 4) is 0 Å². The van der Waals surface area contributed by atoms with Crippen molar-refractivity contribution < 1.29 is 0 Å². The summed E-state index contributed by atoms with van der Waals surface area (Å²) < 4.78 is 0. The highest BCUT2D eigenvalue weighted by Gasteiger charge is 2.63. The first-order chi connectivity index (χ1) is 5.77. The predicted molar refractivity (Wildman–Crippen MR) is 52.2 cm³/mol. The van der Waals surface area contributed by atoms with Crippen LogP contribution < -0.4 is 0 Å². The molecule has 1 heteroatoms. The van der Waals surface area contributed by atoms with Crippen LogP contribution in [0.15, 0.2) is 0 Å². The molecule has 1 aliphatic carbocycles. The van der Waals surface area contributed by atoms with Gasteiger partial charge in [-0.2, -0.15) is 0 Å². The van der Waals surface area contributed by atoms with Gasteiger partial charge in [-0.1, -0.05) is 26.7 Å². The SMILES string of the molecule is CCC1CCCC12C(CC)N2C. The van der Waals surface area contributed by atoms with Crippen LogP contribution in [0.2, 0.25) is 0 Å². The highest BCUT2D eigenvalue weighted by molar-refractivity contribution is 5.19. The van der Waals surface area contributed by atoms with Gasteiger partial charge < -0.3 is 0 Å². The summed E-state index contributed by atoms with van der Waals surface area (Å²) in [4.78, 5) is 2.63. The fourth-order valence-electron chi connectivity index (χ4n) is 3.74. The standard InChI is InChI=1S/C11H21N/c1-4-9-7-6-8-11(9)10(5-2)12(11)3/h9-10H,4-8H2,1-3H3. The molecule has 0 aromatic heterocycles. The van der Waals surface area contributed by atoms with E-state index in [0.29, 0.717) is 5.54 Å². The lowest BCUT2D eigenvalue weighted by molar-refractivity contribution is 0.352. The first-order valence-corrected chi connectivity index (χ1v) is 5.50. The van der Waals surface area contributed by atoms with Crippen molar-refractivity contribution in [3.05, 3.63) is 0 Å². The van der Waals surface area contributed by atoms with Crippen molar-refractivity contribution in [3.63, 3.8) is 0 Å². The van der Waals surface area contributed by atoms with Gasteiger partial charge in [0.1, 0.15) is 0 Å². The van der Waals surface area contributed by atoms with Crippen LogP contribution in [0.25, 0.3) is 0 Å². The van der Waals surface area contributed by atoms with Crippen LogP contribution >= 0.6 is 0 Å². The summed E-state index contributed by atoms with van der Waals surface area (Å²) in [6, 6.07) is 0.921. The lowest BCUT2D eigenvalue weighted by Gasteiger charge is -2.17. The van der Waals surface area contributed by atoms with Crippen LogP contribution in [0.5, 0.6) is 0 Å². The second kappa shape index (κ2) is 2.73. The van der Waals surface area contributed by atoms with Crippen LogP contribution in [-0.4, -0.2) is 23.5 Å². The van der Waals surface area contributed by atoms with E-state index in [4.69, 9.17) is 0 Å². The molecular formula is C11H21N. The number of rotatable bonds is 2. The Hall–Kier alpha value is -0.0400. The Kier molecular flexibility index (Phi) is 1.95. The summed E-state index contributed by atoms with van der Waals surface area (Å²) in [5.41, 5.74) is 0.670. The second-order valence-electron chi connectivity index (χ2n) is 4.52. The summed E-state index contributed by atoms with van der Waals surface area (Å²) >= 11 is 0. The van der Waals surface area contributed by atoms with E-state index in [2.05, 4.69) is 25.8 Å². The molecule has 2 fully saturated rings. The smallest absolute Gasteiger partial charge is 0.0393 e. The molecule has 1 nitrogen and oxygen atoms in total. The van der Waals surface area contributed by atoms with Crippen molar-refractivity contribution in [1.82, 2.24) is 4.90 Å². The van der Waals surface area contributed by atoms with Crippen molar-refractivity contribution in [2.24, 2.45) is 5.92 Å². The van der Waals surface area contributed by atoms with Crippen molar-refractivity contribution in [1.29, 1.82) is 0 Å². The Labute approximate surface area is 76.1 Å². The molecule has 1 saturated carbocycles. The maximum atomic E-state index is 2.63. The summed E-state index contributed by atoms with van der Waals surface area (Å²) in [6.07, 6.45) is 7.17. The van der Waals surface area contributed by atoms with Crippen LogP contribution in [0.4, 0.5) is 0 Å². The quantitative estimate of drug-likeness (QED) is 0.571. The van der Waals surface area contributed by atoms with E-state index in [1.54, 1.807) is 0 Å². The molecule has 4 atom stereocenters. The fourth-order valence-corrected chi connectivity index (χ4v) is 3.74. The third kappa shape index (κ3) is 0.834. The minimum Gasteiger partial charge on any atom is -0.294 e. The third-order valence-electron chi connectivity index (χ3n) is 4.35. The lowest BCUT2D eigenvalue weighted by atomic mass is 9.89. The van der Waals surface area contributed by atoms with E-state index in [1.165, 1.54) is 32.1 Å². The van der Waals surface area contributed by atoms with Gasteiger partial charge in [-0.15, -0.1) is 0 Å². The number of hydrogen-bond acceptors (Lipinski definition) is 1. The molecule has 0 radical (unpaired) electrons. The second-order valence-corrected chi connectivity index (χ2v) is 4.52. The first-order valence-electron chi connectivity index (χ1n) is 5.50. The van der Waals surface area contributed by atoms with Gasteiger partial charge in [-0.3, -0.25) is 4.90 Å². The van der Waals surface area contributed by atoms with Gasteiger partial charge in [0, 0.05) is 11.6 Å². The van der Waals surface area contributed by atoms with Crippen molar-refractivity contribution >= 4 is 0 Å². The maximum absolute atomic E-state index is 2.63. The van der Waals surface area contributed by atoms with E-state index in [9.17, 15) is 0 Å².